The van der Waals surface area contributed by atoms with Gasteiger partial charge in [0.15, 0.2) is 0 Å². The lowest BCUT2D eigenvalue weighted by Crippen LogP contribution is -2.20. The van der Waals surface area contributed by atoms with Gasteiger partial charge in [0.25, 0.3) is 0 Å². The number of hydrogen-bond donors (Lipinski definition) is 1. The highest BCUT2D eigenvalue weighted by Gasteiger charge is 2.09. The molecular weight excluding hydrogens is 254 g/mol. The van der Waals surface area contributed by atoms with Crippen molar-refractivity contribution in [1.29, 1.82) is 0 Å². The van der Waals surface area contributed by atoms with Crippen LogP contribution in [0.2, 0.25) is 0 Å². The Morgan fingerprint density at radius 1 is 0.857 bits per heavy atom. The summed E-state index contributed by atoms with van der Waals surface area (Å²) in [7, 11) is 0. The van der Waals surface area contributed by atoms with E-state index in [4.69, 9.17) is 0 Å². The van der Waals surface area contributed by atoms with E-state index in [9.17, 15) is 0 Å². The molecule has 0 bridgehead atoms. The Morgan fingerprint density at radius 3 is 2.14 bits per heavy atom. The summed E-state index contributed by atoms with van der Waals surface area (Å²) in [6.07, 6.45) is 4.78. The Morgan fingerprint density at radius 2 is 1.52 bits per heavy atom. The molecule has 21 heavy (non-hydrogen) atoms. The summed E-state index contributed by atoms with van der Waals surface area (Å²) in [6, 6.07) is 20.3. The number of unbranched alkanes of at least 4 members (excludes halogenated alkanes) is 1. The van der Waals surface area contributed by atoms with Gasteiger partial charge < -0.3 is 5.32 Å². The average Bonchev–Trinajstić information content (AvgIpc) is 2.53. The summed E-state index contributed by atoms with van der Waals surface area (Å²) >= 11 is 0. The summed E-state index contributed by atoms with van der Waals surface area (Å²) in [5, 5.41) is 3.60. The fourth-order valence-electron chi connectivity index (χ4n) is 2.74. The van der Waals surface area contributed by atoms with Crippen LogP contribution in [0.4, 0.5) is 0 Å². The Labute approximate surface area is 129 Å². The Hall–Kier alpha value is -1.60. The van der Waals surface area contributed by atoms with E-state index in [1.165, 1.54) is 36.0 Å². The third-order valence-electron chi connectivity index (χ3n) is 3.93. The topological polar surface area (TPSA) is 12.0 Å². The van der Waals surface area contributed by atoms with E-state index in [-0.39, 0.29) is 0 Å². The fourth-order valence-corrected chi connectivity index (χ4v) is 2.74. The highest BCUT2D eigenvalue weighted by Crippen LogP contribution is 2.20. The molecule has 2 aromatic carbocycles. The standard InChI is InChI=1S/C20H27N/c1-3-5-11-20(21-4-2)19-14-12-18(13-15-19)16-17-9-7-6-8-10-17/h6-10,12-15,20-21H,3-5,11,16H2,1-2H3. The zero-order valence-electron chi connectivity index (χ0n) is 13.3. The van der Waals surface area contributed by atoms with Crippen molar-refractivity contribution in [1.82, 2.24) is 5.32 Å². The molecule has 0 saturated heterocycles. The predicted molar refractivity (Wildman–Crippen MR) is 91.6 cm³/mol. The molecule has 1 nitrogen and oxygen atoms in total. The van der Waals surface area contributed by atoms with Crippen LogP contribution < -0.4 is 5.32 Å². The van der Waals surface area contributed by atoms with Crippen molar-refractivity contribution in [2.45, 2.75) is 45.6 Å². The van der Waals surface area contributed by atoms with Gasteiger partial charge in [0, 0.05) is 6.04 Å². The number of benzene rings is 2. The molecule has 0 radical (unpaired) electrons. The molecule has 112 valence electrons. The molecular formula is C20H27N. The van der Waals surface area contributed by atoms with Crippen molar-refractivity contribution in [3.8, 4) is 0 Å². The molecule has 0 heterocycles. The van der Waals surface area contributed by atoms with Crippen LogP contribution >= 0.6 is 0 Å². The first kappa shape index (κ1) is 15.8. The minimum Gasteiger partial charge on any atom is -0.310 e. The lowest BCUT2D eigenvalue weighted by molar-refractivity contribution is 0.494. The van der Waals surface area contributed by atoms with E-state index < -0.39 is 0 Å². The monoisotopic (exact) mass is 281 g/mol. The first-order valence-electron chi connectivity index (χ1n) is 8.19. The van der Waals surface area contributed by atoms with Gasteiger partial charge in [-0.2, -0.15) is 0 Å². The van der Waals surface area contributed by atoms with E-state index in [1.807, 2.05) is 0 Å². The molecule has 0 fully saturated rings. The van der Waals surface area contributed by atoms with Crippen LogP contribution in [-0.2, 0) is 6.42 Å². The summed E-state index contributed by atoms with van der Waals surface area (Å²) < 4.78 is 0. The number of rotatable bonds is 8. The molecule has 2 rings (SSSR count). The maximum Gasteiger partial charge on any atom is 0.0320 e. The minimum atomic E-state index is 0.501. The fraction of sp³-hybridized carbons (Fsp3) is 0.400. The smallest absolute Gasteiger partial charge is 0.0320 e. The zero-order valence-corrected chi connectivity index (χ0v) is 13.3. The molecule has 0 saturated carbocycles. The molecule has 0 aromatic heterocycles. The highest BCUT2D eigenvalue weighted by atomic mass is 14.9. The van der Waals surface area contributed by atoms with E-state index >= 15 is 0 Å². The molecule has 1 heteroatoms. The van der Waals surface area contributed by atoms with E-state index in [1.54, 1.807) is 0 Å². The third kappa shape index (κ3) is 5.02. The first-order chi connectivity index (χ1) is 10.3. The third-order valence-corrected chi connectivity index (χ3v) is 3.93. The van der Waals surface area contributed by atoms with Crippen molar-refractivity contribution >= 4 is 0 Å². The van der Waals surface area contributed by atoms with Crippen LogP contribution in [-0.4, -0.2) is 6.54 Å². The number of hydrogen-bond acceptors (Lipinski definition) is 1. The van der Waals surface area contributed by atoms with Gasteiger partial charge in [0.2, 0.25) is 0 Å². The van der Waals surface area contributed by atoms with Crippen LogP contribution in [0.5, 0.6) is 0 Å². The quantitative estimate of drug-likeness (QED) is 0.708. The van der Waals surface area contributed by atoms with Crippen molar-refractivity contribution < 1.29 is 0 Å². The Bertz CT molecular complexity index is 501. The number of nitrogens with one attached hydrogen (secondary N) is 1. The van der Waals surface area contributed by atoms with Gasteiger partial charge in [-0.15, -0.1) is 0 Å². The summed E-state index contributed by atoms with van der Waals surface area (Å²) in [6.45, 7) is 5.47. The molecule has 1 N–H and O–H groups in total. The Balaban J connectivity index is 2.02. The van der Waals surface area contributed by atoms with Gasteiger partial charge in [-0.1, -0.05) is 81.3 Å². The molecule has 1 unspecified atom stereocenters. The molecule has 0 amide bonds. The predicted octanol–water partition coefficient (Wildman–Crippen LogP) is 5.12. The molecule has 0 aliphatic rings. The lowest BCUT2D eigenvalue weighted by Gasteiger charge is -2.18. The maximum atomic E-state index is 3.60. The lowest BCUT2D eigenvalue weighted by atomic mass is 9.98. The molecule has 2 aromatic rings. The van der Waals surface area contributed by atoms with Gasteiger partial charge in [-0.3, -0.25) is 0 Å². The van der Waals surface area contributed by atoms with E-state index in [0.717, 1.165) is 13.0 Å². The summed E-state index contributed by atoms with van der Waals surface area (Å²) in [4.78, 5) is 0. The van der Waals surface area contributed by atoms with E-state index in [2.05, 4.69) is 73.8 Å². The van der Waals surface area contributed by atoms with Crippen molar-refractivity contribution in [3.63, 3.8) is 0 Å². The van der Waals surface area contributed by atoms with Crippen LogP contribution in [0.3, 0.4) is 0 Å². The molecule has 1 atom stereocenters. The summed E-state index contributed by atoms with van der Waals surface area (Å²) in [5.74, 6) is 0. The molecule has 0 spiro atoms. The largest absolute Gasteiger partial charge is 0.310 e. The van der Waals surface area contributed by atoms with Crippen molar-refractivity contribution in [3.05, 3.63) is 71.3 Å². The van der Waals surface area contributed by atoms with Crippen molar-refractivity contribution in [2.75, 3.05) is 6.54 Å². The van der Waals surface area contributed by atoms with Crippen LogP contribution in [0.1, 0.15) is 55.8 Å². The van der Waals surface area contributed by atoms with Gasteiger partial charge in [0.1, 0.15) is 0 Å². The zero-order chi connectivity index (χ0) is 14.9. The van der Waals surface area contributed by atoms with Gasteiger partial charge in [-0.05, 0) is 36.1 Å². The first-order valence-corrected chi connectivity index (χ1v) is 8.19. The van der Waals surface area contributed by atoms with Gasteiger partial charge in [-0.25, -0.2) is 0 Å². The minimum absolute atomic E-state index is 0.501. The van der Waals surface area contributed by atoms with Crippen LogP contribution in [0, 0.1) is 0 Å². The average molecular weight is 281 g/mol. The van der Waals surface area contributed by atoms with E-state index in [0.29, 0.717) is 6.04 Å². The molecule has 0 aliphatic carbocycles. The SMILES string of the molecule is CCCCC(NCC)c1ccc(Cc2ccccc2)cc1. The highest BCUT2D eigenvalue weighted by molar-refractivity contribution is 5.30. The maximum absolute atomic E-state index is 3.60. The second-order valence-corrected chi connectivity index (χ2v) is 5.66. The van der Waals surface area contributed by atoms with Gasteiger partial charge in [0.05, 0.1) is 0 Å². The van der Waals surface area contributed by atoms with Gasteiger partial charge >= 0.3 is 0 Å². The van der Waals surface area contributed by atoms with Crippen LogP contribution in [0.15, 0.2) is 54.6 Å². The second kappa shape index (κ2) is 8.63. The van der Waals surface area contributed by atoms with Crippen LogP contribution in [0.25, 0.3) is 0 Å². The molecule has 0 aliphatic heterocycles. The Kier molecular flexibility index (Phi) is 6.49. The second-order valence-electron chi connectivity index (χ2n) is 5.66. The summed E-state index contributed by atoms with van der Waals surface area (Å²) in [5.41, 5.74) is 4.18. The van der Waals surface area contributed by atoms with Crippen molar-refractivity contribution in [2.24, 2.45) is 0 Å². The normalized spacial score (nSPS) is 12.3.